The van der Waals surface area contributed by atoms with Crippen molar-refractivity contribution in [2.24, 2.45) is 5.10 Å². The quantitative estimate of drug-likeness (QED) is 0.365. The number of aromatic nitrogens is 1. The molecule has 3 rings (SSSR count). The Kier molecular flexibility index (Phi) is 5.81. The Hall–Kier alpha value is -3.21. The fraction of sp³-hybridized carbons (Fsp3) is 0.227. The van der Waals surface area contributed by atoms with Crippen molar-refractivity contribution < 1.29 is 9.53 Å². The van der Waals surface area contributed by atoms with Gasteiger partial charge in [-0.15, -0.1) is 0 Å². The normalized spacial score (nSPS) is 11.4. The van der Waals surface area contributed by atoms with Crippen LogP contribution in [0, 0.1) is 6.92 Å². The van der Waals surface area contributed by atoms with Crippen LogP contribution < -0.4 is 10.2 Å². The summed E-state index contributed by atoms with van der Waals surface area (Å²) in [4.78, 5) is 16.9. The number of ketones is 1. The number of ether oxygens (including phenoxy) is 1. The van der Waals surface area contributed by atoms with Gasteiger partial charge in [-0.2, -0.15) is 5.10 Å². The summed E-state index contributed by atoms with van der Waals surface area (Å²) in [6, 6.07) is 17.0. The van der Waals surface area contributed by atoms with Gasteiger partial charge in [-0.25, -0.2) is 0 Å². The fourth-order valence-electron chi connectivity index (χ4n) is 2.84. The minimum atomic E-state index is 0.0516. The third kappa shape index (κ3) is 4.70. The summed E-state index contributed by atoms with van der Waals surface area (Å²) in [7, 11) is 0. The molecule has 5 heteroatoms. The van der Waals surface area contributed by atoms with Gasteiger partial charge in [-0.05, 0) is 39.0 Å². The number of pyridine rings is 1. The van der Waals surface area contributed by atoms with E-state index in [9.17, 15) is 4.79 Å². The van der Waals surface area contributed by atoms with Gasteiger partial charge in [-0.1, -0.05) is 30.3 Å². The lowest BCUT2D eigenvalue weighted by molar-refractivity contribution is 0.100. The zero-order chi connectivity index (χ0) is 19.2. The Balaban J connectivity index is 1.79. The van der Waals surface area contributed by atoms with Crippen LogP contribution in [0.3, 0.4) is 0 Å². The van der Waals surface area contributed by atoms with Crippen LogP contribution in [-0.4, -0.2) is 23.1 Å². The number of hydrazone groups is 1. The van der Waals surface area contributed by atoms with Crippen molar-refractivity contribution in [1.82, 2.24) is 4.98 Å². The second kappa shape index (κ2) is 8.45. The van der Waals surface area contributed by atoms with E-state index in [0.717, 1.165) is 33.7 Å². The third-order valence-electron chi connectivity index (χ3n) is 4.10. The van der Waals surface area contributed by atoms with E-state index >= 15 is 0 Å². The Bertz CT molecular complexity index is 982. The standard InChI is InChI=1S/C22H23N3O2/c1-4-27-18-10-11-19-20(14-18)23-15(2)12-21(19)25-24-16(3)13-22(26)17-8-6-5-7-9-17/h5-12,14H,4,13H2,1-3H3,(H,23,25). The first-order chi connectivity index (χ1) is 13.1. The van der Waals surface area contributed by atoms with E-state index in [4.69, 9.17) is 4.74 Å². The predicted octanol–water partition coefficient (Wildman–Crippen LogP) is 5.00. The maximum Gasteiger partial charge on any atom is 0.168 e. The third-order valence-corrected chi connectivity index (χ3v) is 4.10. The maximum atomic E-state index is 12.3. The Labute approximate surface area is 159 Å². The molecule has 0 saturated heterocycles. The molecule has 2 aromatic carbocycles. The fourth-order valence-corrected chi connectivity index (χ4v) is 2.84. The molecule has 5 nitrogen and oxygen atoms in total. The van der Waals surface area contributed by atoms with Crippen LogP contribution in [0.15, 0.2) is 59.7 Å². The summed E-state index contributed by atoms with van der Waals surface area (Å²) < 4.78 is 5.55. The molecule has 0 unspecified atom stereocenters. The first-order valence-electron chi connectivity index (χ1n) is 8.98. The number of aryl methyl sites for hydroxylation is 1. The monoisotopic (exact) mass is 361 g/mol. The highest BCUT2D eigenvalue weighted by molar-refractivity contribution is 6.09. The average Bonchev–Trinajstić information content (AvgIpc) is 2.66. The lowest BCUT2D eigenvalue weighted by atomic mass is 10.1. The van der Waals surface area contributed by atoms with Gasteiger partial charge >= 0.3 is 0 Å². The number of hydrogen-bond acceptors (Lipinski definition) is 5. The van der Waals surface area contributed by atoms with Gasteiger partial charge in [-0.3, -0.25) is 15.2 Å². The van der Waals surface area contributed by atoms with Crippen LogP contribution in [-0.2, 0) is 0 Å². The summed E-state index contributed by atoms with van der Waals surface area (Å²) in [6.07, 6.45) is 0.271. The average molecular weight is 361 g/mol. The molecule has 0 bridgehead atoms. The van der Waals surface area contributed by atoms with Gasteiger partial charge in [0.15, 0.2) is 5.78 Å². The number of anilines is 1. The molecule has 27 heavy (non-hydrogen) atoms. The highest BCUT2D eigenvalue weighted by atomic mass is 16.5. The summed E-state index contributed by atoms with van der Waals surface area (Å²) >= 11 is 0. The molecule has 0 spiro atoms. The van der Waals surface area contributed by atoms with Crippen LogP contribution in [0.5, 0.6) is 5.75 Å². The number of rotatable bonds is 7. The minimum Gasteiger partial charge on any atom is -0.494 e. The van der Waals surface area contributed by atoms with Crippen LogP contribution in [0.4, 0.5) is 5.69 Å². The SMILES string of the molecule is CCOc1ccc2c(NN=C(C)CC(=O)c3ccccc3)cc(C)nc2c1. The van der Waals surface area contributed by atoms with E-state index in [1.54, 1.807) is 0 Å². The molecule has 0 atom stereocenters. The van der Waals surface area contributed by atoms with Gasteiger partial charge in [0.2, 0.25) is 0 Å². The molecule has 3 aromatic rings. The predicted molar refractivity (Wildman–Crippen MR) is 110 cm³/mol. The van der Waals surface area contributed by atoms with E-state index in [2.05, 4.69) is 15.5 Å². The highest BCUT2D eigenvalue weighted by Gasteiger charge is 2.08. The van der Waals surface area contributed by atoms with Gasteiger partial charge in [0, 0.05) is 28.4 Å². The molecule has 1 N–H and O–H groups in total. The summed E-state index contributed by atoms with van der Waals surface area (Å²) in [5, 5.41) is 5.35. The molecule has 1 heterocycles. The van der Waals surface area contributed by atoms with Crippen LogP contribution in [0.1, 0.15) is 36.3 Å². The molecule has 0 saturated carbocycles. The van der Waals surface area contributed by atoms with Crippen LogP contribution >= 0.6 is 0 Å². The molecule has 0 fully saturated rings. The van der Waals surface area contributed by atoms with E-state index in [-0.39, 0.29) is 12.2 Å². The van der Waals surface area contributed by atoms with Crippen molar-refractivity contribution in [2.45, 2.75) is 27.2 Å². The molecule has 0 aliphatic rings. The molecule has 0 aliphatic carbocycles. The second-order valence-corrected chi connectivity index (χ2v) is 6.35. The maximum absolute atomic E-state index is 12.3. The van der Waals surface area contributed by atoms with E-state index in [0.29, 0.717) is 12.2 Å². The smallest absolute Gasteiger partial charge is 0.168 e. The van der Waals surface area contributed by atoms with Crippen LogP contribution in [0.2, 0.25) is 0 Å². The van der Waals surface area contributed by atoms with Gasteiger partial charge in [0.05, 0.1) is 24.2 Å². The van der Waals surface area contributed by atoms with Crippen molar-refractivity contribution in [2.75, 3.05) is 12.0 Å². The molecule has 0 radical (unpaired) electrons. The van der Waals surface area contributed by atoms with Crippen molar-refractivity contribution in [3.8, 4) is 5.75 Å². The summed E-state index contributed by atoms with van der Waals surface area (Å²) in [5.74, 6) is 0.845. The number of carbonyl (C=O) groups excluding carboxylic acids is 1. The van der Waals surface area contributed by atoms with E-state index in [1.807, 2.05) is 75.4 Å². The summed E-state index contributed by atoms with van der Waals surface area (Å²) in [5.41, 5.74) is 7.09. The molecular weight excluding hydrogens is 338 g/mol. The van der Waals surface area contributed by atoms with Gasteiger partial charge < -0.3 is 4.74 Å². The number of carbonyl (C=O) groups is 1. The van der Waals surface area contributed by atoms with Gasteiger partial charge in [0.25, 0.3) is 0 Å². The van der Waals surface area contributed by atoms with Crippen molar-refractivity contribution in [3.63, 3.8) is 0 Å². The highest BCUT2D eigenvalue weighted by Crippen LogP contribution is 2.27. The van der Waals surface area contributed by atoms with Crippen LogP contribution in [0.25, 0.3) is 10.9 Å². The number of nitrogens with zero attached hydrogens (tertiary/aromatic N) is 2. The lowest BCUT2D eigenvalue weighted by Crippen LogP contribution is -2.07. The lowest BCUT2D eigenvalue weighted by Gasteiger charge is -2.10. The molecular formula is C22H23N3O2. The first kappa shape index (κ1) is 18.6. The molecule has 138 valence electrons. The second-order valence-electron chi connectivity index (χ2n) is 6.35. The first-order valence-corrected chi connectivity index (χ1v) is 8.98. The Morgan fingerprint density at radius 2 is 1.93 bits per heavy atom. The minimum absolute atomic E-state index is 0.0516. The van der Waals surface area contributed by atoms with Crippen molar-refractivity contribution >= 4 is 28.1 Å². The zero-order valence-corrected chi connectivity index (χ0v) is 15.8. The number of nitrogens with one attached hydrogen (secondary N) is 1. The van der Waals surface area contributed by atoms with Gasteiger partial charge in [0.1, 0.15) is 5.75 Å². The number of fused-ring (bicyclic) bond motifs is 1. The van der Waals surface area contributed by atoms with Crippen molar-refractivity contribution in [3.05, 3.63) is 65.9 Å². The number of Topliss-reactive ketones (excluding diaryl/α,β-unsaturated/α-hetero) is 1. The van der Waals surface area contributed by atoms with E-state index < -0.39 is 0 Å². The Morgan fingerprint density at radius 3 is 2.67 bits per heavy atom. The van der Waals surface area contributed by atoms with E-state index in [1.165, 1.54) is 0 Å². The Morgan fingerprint density at radius 1 is 1.15 bits per heavy atom. The number of hydrogen-bond donors (Lipinski definition) is 1. The summed E-state index contributed by atoms with van der Waals surface area (Å²) in [6.45, 7) is 6.35. The molecule has 0 aliphatic heterocycles. The van der Waals surface area contributed by atoms with Crippen molar-refractivity contribution in [1.29, 1.82) is 0 Å². The topological polar surface area (TPSA) is 63.6 Å². The molecule has 0 amide bonds. The zero-order valence-electron chi connectivity index (χ0n) is 15.8. The number of benzene rings is 2. The molecule has 1 aromatic heterocycles. The largest absolute Gasteiger partial charge is 0.494 e.